The number of fused-ring (bicyclic) bond motifs is 1. The number of hydrogen-bond donors (Lipinski definition) is 2. The molecule has 2 amide bonds. The third kappa shape index (κ3) is 5.44. The van der Waals surface area contributed by atoms with Gasteiger partial charge in [0.2, 0.25) is 6.79 Å². The zero-order valence-corrected chi connectivity index (χ0v) is 15.6. The number of carbonyl (C=O) groups excluding carboxylic acids is 3. The Morgan fingerprint density at radius 1 is 1.07 bits per heavy atom. The molecule has 8 nitrogen and oxygen atoms in total. The summed E-state index contributed by atoms with van der Waals surface area (Å²) >= 11 is 0. The van der Waals surface area contributed by atoms with Crippen molar-refractivity contribution in [1.29, 1.82) is 0 Å². The van der Waals surface area contributed by atoms with Gasteiger partial charge in [0.1, 0.15) is 12.4 Å². The number of carbonyl (C=O) groups is 3. The molecule has 0 fully saturated rings. The van der Waals surface area contributed by atoms with Gasteiger partial charge in [-0.3, -0.25) is 14.4 Å². The van der Waals surface area contributed by atoms with Gasteiger partial charge in [-0.25, -0.2) is 4.39 Å². The average molecular weight is 402 g/mol. The highest BCUT2D eigenvalue weighted by molar-refractivity contribution is 5.96. The van der Waals surface area contributed by atoms with E-state index in [0.29, 0.717) is 11.5 Å². The van der Waals surface area contributed by atoms with Crippen LogP contribution in [0.15, 0.2) is 42.5 Å². The van der Waals surface area contributed by atoms with Crippen molar-refractivity contribution in [2.75, 3.05) is 13.3 Å². The maximum atomic E-state index is 12.9. The quantitative estimate of drug-likeness (QED) is 0.681. The van der Waals surface area contributed by atoms with Gasteiger partial charge < -0.3 is 24.8 Å². The fourth-order valence-electron chi connectivity index (χ4n) is 2.53. The highest BCUT2D eigenvalue weighted by atomic mass is 19.1. The van der Waals surface area contributed by atoms with Crippen LogP contribution >= 0.6 is 0 Å². The summed E-state index contributed by atoms with van der Waals surface area (Å²) in [5.41, 5.74) is 1.00. The molecular formula is C20H19FN2O6. The fraction of sp³-hybridized carbons (Fsp3) is 0.250. The molecule has 0 aromatic heterocycles. The van der Waals surface area contributed by atoms with Crippen LogP contribution in [0.4, 0.5) is 4.39 Å². The summed E-state index contributed by atoms with van der Waals surface area (Å²) in [5.74, 6) is -1.03. The standard InChI is InChI=1S/C20H19FN2O6/c1-12(19(25)22-9-13-2-7-16-17(8-13)28-11-27-16)29-18(24)10-23-20(26)14-3-5-15(21)6-4-14/h2-8,12H,9-11H2,1H3,(H,22,25)(H,23,26)/t12-/m0/s1. The first-order valence-electron chi connectivity index (χ1n) is 8.82. The van der Waals surface area contributed by atoms with E-state index in [4.69, 9.17) is 14.2 Å². The predicted octanol–water partition coefficient (Wildman–Crippen LogP) is 1.53. The Kier molecular flexibility index (Phi) is 6.28. The van der Waals surface area contributed by atoms with Crippen LogP contribution in [0.2, 0.25) is 0 Å². The molecule has 0 unspecified atom stereocenters. The third-order valence-corrected chi connectivity index (χ3v) is 4.08. The van der Waals surface area contributed by atoms with Crippen molar-refractivity contribution in [2.45, 2.75) is 19.6 Å². The second-order valence-electron chi connectivity index (χ2n) is 6.23. The first kappa shape index (κ1) is 20.1. The lowest BCUT2D eigenvalue weighted by Crippen LogP contribution is -2.38. The third-order valence-electron chi connectivity index (χ3n) is 4.08. The van der Waals surface area contributed by atoms with Gasteiger partial charge in [0.15, 0.2) is 17.6 Å². The van der Waals surface area contributed by atoms with Crippen molar-refractivity contribution < 1.29 is 33.0 Å². The van der Waals surface area contributed by atoms with Gasteiger partial charge in [0, 0.05) is 12.1 Å². The minimum atomic E-state index is -1.04. The molecule has 2 N–H and O–H groups in total. The number of nitrogens with one attached hydrogen (secondary N) is 2. The van der Waals surface area contributed by atoms with Crippen molar-refractivity contribution >= 4 is 17.8 Å². The second kappa shape index (κ2) is 9.05. The maximum absolute atomic E-state index is 12.9. The Hall–Kier alpha value is -3.62. The summed E-state index contributed by atoms with van der Waals surface area (Å²) in [5, 5.41) is 5.01. The molecule has 0 spiro atoms. The molecule has 0 aliphatic carbocycles. The molecule has 1 aliphatic heterocycles. The zero-order valence-electron chi connectivity index (χ0n) is 15.6. The van der Waals surface area contributed by atoms with E-state index in [0.717, 1.165) is 17.7 Å². The monoisotopic (exact) mass is 402 g/mol. The summed E-state index contributed by atoms with van der Waals surface area (Å²) in [7, 11) is 0. The molecule has 3 rings (SSSR count). The van der Waals surface area contributed by atoms with Crippen LogP contribution in [-0.2, 0) is 20.9 Å². The van der Waals surface area contributed by atoms with Gasteiger partial charge in [-0.1, -0.05) is 6.07 Å². The molecular weight excluding hydrogens is 383 g/mol. The molecule has 0 bridgehead atoms. The van der Waals surface area contributed by atoms with Gasteiger partial charge in [0.05, 0.1) is 0 Å². The van der Waals surface area contributed by atoms with Crippen molar-refractivity contribution in [3.63, 3.8) is 0 Å². The van der Waals surface area contributed by atoms with E-state index in [1.165, 1.54) is 19.1 Å². The minimum absolute atomic E-state index is 0.163. The molecule has 152 valence electrons. The lowest BCUT2D eigenvalue weighted by atomic mass is 10.2. The first-order chi connectivity index (χ1) is 13.9. The molecule has 0 saturated heterocycles. The Morgan fingerprint density at radius 2 is 1.79 bits per heavy atom. The number of esters is 1. The van der Waals surface area contributed by atoms with Crippen molar-refractivity contribution in [2.24, 2.45) is 0 Å². The van der Waals surface area contributed by atoms with Crippen molar-refractivity contribution in [3.8, 4) is 11.5 Å². The first-order valence-corrected chi connectivity index (χ1v) is 8.82. The smallest absolute Gasteiger partial charge is 0.326 e. The second-order valence-corrected chi connectivity index (χ2v) is 6.23. The number of hydrogen-bond acceptors (Lipinski definition) is 6. The molecule has 0 radical (unpaired) electrons. The van der Waals surface area contributed by atoms with Crippen molar-refractivity contribution in [1.82, 2.24) is 10.6 Å². The van der Waals surface area contributed by atoms with E-state index in [1.807, 2.05) is 0 Å². The Balaban J connectivity index is 1.41. The van der Waals surface area contributed by atoms with Crippen LogP contribution in [0.1, 0.15) is 22.8 Å². The van der Waals surface area contributed by atoms with Gasteiger partial charge in [-0.2, -0.15) is 0 Å². The molecule has 2 aromatic rings. The highest BCUT2D eigenvalue weighted by Crippen LogP contribution is 2.32. The SMILES string of the molecule is C[C@H](OC(=O)CNC(=O)c1ccc(F)cc1)C(=O)NCc1ccc2c(c1)OCO2. The average Bonchev–Trinajstić information content (AvgIpc) is 3.18. The molecule has 1 atom stereocenters. The van der Waals surface area contributed by atoms with E-state index in [2.05, 4.69) is 10.6 Å². The van der Waals surface area contributed by atoms with Crippen LogP contribution < -0.4 is 20.1 Å². The summed E-state index contributed by atoms with van der Waals surface area (Å²) in [4.78, 5) is 35.8. The Bertz CT molecular complexity index is 916. The van der Waals surface area contributed by atoms with Crippen LogP contribution in [-0.4, -0.2) is 37.2 Å². The number of rotatable bonds is 7. The van der Waals surface area contributed by atoms with Gasteiger partial charge in [0.25, 0.3) is 11.8 Å². The lowest BCUT2D eigenvalue weighted by molar-refractivity contribution is -0.153. The van der Waals surface area contributed by atoms with E-state index >= 15 is 0 Å². The summed E-state index contributed by atoms with van der Waals surface area (Å²) in [6.07, 6.45) is -1.04. The van der Waals surface area contributed by atoms with Crippen LogP contribution in [0.5, 0.6) is 11.5 Å². The summed E-state index contributed by atoms with van der Waals surface area (Å²) in [6.45, 7) is 1.39. The van der Waals surface area contributed by atoms with Crippen LogP contribution in [0.25, 0.3) is 0 Å². The predicted molar refractivity (Wildman–Crippen MR) is 98.7 cm³/mol. The Morgan fingerprint density at radius 3 is 2.55 bits per heavy atom. The molecule has 1 aliphatic rings. The number of ether oxygens (including phenoxy) is 3. The Labute approximate surface area is 165 Å². The topological polar surface area (TPSA) is 103 Å². The summed E-state index contributed by atoms with van der Waals surface area (Å²) < 4.78 is 28.4. The molecule has 29 heavy (non-hydrogen) atoms. The highest BCUT2D eigenvalue weighted by Gasteiger charge is 2.19. The van der Waals surface area contributed by atoms with Gasteiger partial charge >= 0.3 is 5.97 Å². The van der Waals surface area contributed by atoms with Crippen LogP contribution in [0.3, 0.4) is 0 Å². The van der Waals surface area contributed by atoms with Gasteiger partial charge in [-0.15, -0.1) is 0 Å². The largest absolute Gasteiger partial charge is 0.454 e. The van der Waals surface area contributed by atoms with E-state index in [-0.39, 0.29) is 18.9 Å². The number of benzene rings is 2. The molecule has 1 heterocycles. The van der Waals surface area contributed by atoms with E-state index in [1.54, 1.807) is 18.2 Å². The zero-order chi connectivity index (χ0) is 20.8. The van der Waals surface area contributed by atoms with Crippen LogP contribution in [0, 0.1) is 5.82 Å². The molecule has 9 heteroatoms. The summed E-state index contributed by atoms with van der Waals surface area (Å²) in [6, 6.07) is 10.2. The minimum Gasteiger partial charge on any atom is -0.454 e. The van der Waals surface area contributed by atoms with E-state index < -0.39 is 36.2 Å². The maximum Gasteiger partial charge on any atom is 0.326 e. The molecule has 0 saturated carbocycles. The van der Waals surface area contributed by atoms with Gasteiger partial charge in [-0.05, 0) is 48.9 Å². The lowest BCUT2D eigenvalue weighted by Gasteiger charge is -2.14. The number of amides is 2. The molecule has 2 aromatic carbocycles. The van der Waals surface area contributed by atoms with E-state index in [9.17, 15) is 18.8 Å². The van der Waals surface area contributed by atoms with Crippen molar-refractivity contribution in [3.05, 3.63) is 59.4 Å². The fourth-order valence-corrected chi connectivity index (χ4v) is 2.53. The number of halogens is 1. The normalized spacial score (nSPS) is 12.8.